The number of amides is 4. The molecule has 164 valence electrons. The molecule has 1 aliphatic heterocycles. The molecule has 1 unspecified atom stereocenters. The summed E-state index contributed by atoms with van der Waals surface area (Å²) in [7, 11) is 0. The topological polar surface area (TPSA) is 82.6 Å². The molecule has 0 bridgehead atoms. The predicted octanol–water partition coefficient (Wildman–Crippen LogP) is 4.41. The second kappa shape index (κ2) is 8.20. The number of nitrogens with zero attached hydrogens (tertiary/aromatic N) is 3. The van der Waals surface area contributed by atoms with Crippen LogP contribution in [0.25, 0.3) is 0 Å². The molecule has 7 nitrogen and oxygen atoms in total. The van der Waals surface area contributed by atoms with Crippen molar-refractivity contribution in [2.45, 2.75) is 39.8 Å². The molecule has 1 fully saturated rings. The zero-order valence-electron chi connectivity index (χ0n) is 18.4. The van der Waals surface area contributed by atoms with Gasteiger partial charge in [-0.3, -0.25) is 19.4 Å². The van der Waals surface area contributed by atoms with Gasteiger partial charge in [-0.1, -0.05) is 42.0 Å². The van der Waals surface area contributed by atoms with Crippen molar-refractivity contribution in [2.24, 2.45) is 0 Å². The Balaban J connectivity index is 1.58. The number of imide groups is 1. The van der Waals surface area contributed by atoms with Crippen LogP contribution in [-0.2, 0) is 21.7 Å². The molecule has 4 amide bonds. The summed E-state index contributed by atoms with van der Waals surface area (Å²) in [4.78, 5) is 45.4. The Bertz CT molecular complexity index is 1200. The van der Waals surface area contributed by atoms with E-state index in [2.05, 4.69) is 10.3 Å². The minimum absolute atomic E-state index is 0.0299. The molecule has 3 aromatic rings. The van der Waals surface area contributed by atoms with Crippen molar-refractivity contribution in [3.63, 3.8) is 0 Å². The fourth-order valence-electron chi connectivity index (χ4n) is 3.75. The van der Waals surface area contributed by atoms with E-state index >= 15 is 0 Å². The number of hydrogen-bond acceptors (Lipinski definition) is 5. The number of thiazole rings is 1. The van der Waals surface area contributed by atoms with Crippen molar-refractivity contribution in [1.82, 2.24) is 15.2 Å². The molecular weight excluding hydrogens is 424 g/mol. The van der Waals surface area contributed by atoms with E-state index in [4.69, 9.17) is 0 Å². The second-order valence-corrected chi connectivity index (χ2v) is 8.96. The lowest BCUT2D eigenvalue weighted by Crippen LogP contribution is -2.40. The SMILES string of the molecule is CC(=O)N(c1cccc(C)c1)c1nc(CN2C(=O)NC(C)(c3ccc(C)cc3)C2=O)cs1. The van der Waals surface area contributed by atoms with Gasteiger partial charge in [0.05, 0.1) is 17.9 Å². The molecular formula is C24H24N4O3S. The maximum atomic E-state index is 13.2. The van der Waals surface area contributed by atoms with Gasteiger partial charge in [-0.05, 0) is 44.0 Å². The van der Waals surface area contributed by atoms with Crippen molar-refractivity contribution >= 4 is 40.0 Å². The highest BCUT2D eigenvalue weighted by Gasteiger charge is 2.49. The summed E-state index contributed by atoms with van der Waals surface area (Å²) in [5, 5.41) is 5.07. The summed E-state index contributed by atoms with van der Waals surface area (Å²) in [5.41, 5.74) is 2.97. The average Bonchev–Trinajstić information content (AvgIpc) is 3.27. The number of nitrogens with one attached hydrogen (secondary N) is 1. The maximum Gasteiger partial charge on any atom is 0.325 e. The van der Waals surface area contributed by atoms with Crippen LogP contribution in [0.4, 0.5) is 15.6 Å². The molecule has 0 saturated carbocycles. The van der Waals surface area contributed by atoms with Crippen molar-refractivity contribution in [1.29, 1.82) is 0 Å². The van der Waals surface area contributed by atoms with E-state index in [1.165, 1.54) is 28.1 Å². The lowest BCUT2D eigenvalue weighted by molar-refractivity contribution is -0.131. The van der Waals surface area contributed by atoms with Crippen LogP contribution in [0, 0.1) is 13.8 Å². The standard InChI is InChI=1S/C24H24N4O3S/c1-15-8-10-18(11-9-15)24(4)21(30)27(22(31)26-24)13-19-14-32-23(25-19)28(17(3)29)20-7-5-6-16(2)12-20/h5-12,14H,13H2,1-4H3,(H,26,31). The zero-order chi connectivity index (χ0) is 23.0. The number of rotatable bonds is 5. The van der Waals surface area contributed by atoms with Crippen LogP contribution in [-0.4, -0.2) is 27.7 Å². The Morgan fingerprint density at radius 2 is 1.84 bits per heavy atom. The second-order valence-electron chi connectivity index (χ2n) is 8.13. The Kier molecular flexibility index (Phi) is 5.56. The first-order valence-electron chi connectivity index (χ1n) is 10.2. The first-order chi connectivity index (χ1) is 15.2. The number of urea groups is 1. The Hall–Kier alpha value is -3.52. The van der Waals surface area contributed by atoms with Gasteiger partial charge in [-0.25, -0.2) is 9.78 Å². The van der Waals surface area contributed by atoms with Crippen LogP contribution < -0.4 is 10.2 Å². The summed E-state index contributed by atoms with van der Waals surface area (Å²) < 4.78 is 0. The van der Waals surface area contributed by atoms with E-state index in [0.717, 1.165) is 22.4 Å². The summed E-state index contributed by atoms with van der Waals surface area (Å²) in [6.07, 6.45) is 0. The molecule has 1 saturated heterocycles. The third-order valence-corrected chi connectivity index (χ3v) is 6.40. The number of benzene rings is 2. The number of carbonyl (C=O) groups is 3. The zero-order valence-corrected chi connectivity index (χ0v) is 19.2. The van der Waals surface area contributed by atoms with E-state index in [1.54, 1.807) is 12.3 Å². The van der Waals surface area contributed by atoms with Crippen LogP contribution in [0.15, 0.2) is 53.9 Å². The molecule has 8 heteroatoms. The molecule has 0 aliphatic carbocycles. The maximum absolute atomic E-state index is 13.2. The van der Waals surface area contributed by atoms with E-state index in [-0.39, 0.29) is 18.4 Å². The lowest BCUT2D eigenvalue weighted by Gasteiger charge is -2.22. The number of aryl methyl sites for hydroxylation is 2. The van der Waals surface area contributed by atoms with Gasteiger partial charge in [-0.15, -0.1) is 11.3 Å². The van der Waals surface area contributed by atoms with Crippen LogP contribution in [0.3, 0.4) is 0 Å². The monoisotopic (exact) mass is 448 g/mol. The molecule has 32 heavy (non-hydrogen) atoms. The van der Waals surface area contributed by atoms with Gasteiger partial charge in [0.2, 0.25) is 5.91 Å². The third kappa shape index (κ3) is 3.89. The van der Waals surface area contributed by atoms with E-state index < -0.39 is 11.6 Å². The van der Waals surface area contributed by atoms with Gasteiger partial charge >= 0.3 is 6.03 Å². The van der Waals surface area contributed by atoms with Gasteiger partial charge < -0.3 is 5.32 Å². The van der Waals surface area contributed by atoms with Crippen molar-refractivity contribution < 1.29 is 14.4 Å². The van der Waals surface area contributed by atoms with E-state index in [9.17, 15) is 14.4 Å². The number of anilines is 2. The molecule has 0 radical (unpaired) electrons. The quantitative estimate of drug-likeness (QED) is 0.586. The lowest BCUT2D eigenvalue weighted by atomic mass is 9.91. The number of hydrogen-bond donors (Lipinski definition) is 1. The molecule has 1 atom stereocenters. The minimum Gasteiger partial charge on any atom is -0.319 e. The fourth-order valence-corrected chi connectivity index (χ4v) is 4.63. The molecule has 1 aromatic heterocycles. The largest absolute Gasteiger partial charge is 0.325 e. The highest BCUT2D eigenvalue weighted by molar-refractivity contribution is 7.14. The van der Waals surface area contributed by atoms with Crippen LogP contribution in [0.5, 0.6) is 0 Å². The number of carbonyl (C=O) groups excluding carboxylic acids is 3. The first kappa shape index (κ1) is 21.7. The minimum atomic E-state index is -1.13. The third-order valence-electron chi connectivity index (χ3n) is 5.53. The Morgan fingerprint density at radius 3 is 2.50 bits per heavy atom. The fraction of sp³-hybridized carbons (Fsp3) is 0.250. The van der Waals surface area contributed by atoms with E-state index in [1.807, 2.05) is 62.4 Å². The molecule has 2 aromatic carbocycles. The normalized spacial score (nSPS) is 18.1. The van der Waals surface area contributed by atoms with Crippen LogP contribution >= 0.6 is 11.3 Å². The molecule has 2 heterocycles. The van der Waals surface area contributed by atoms with E-state index in [0.29, 0.717) is 10.8 Å². The highest BCUT2D eigenvalue weighted by Crippen LogP contribution is 2.32. The van der Waals surface area contributed by atoms with Crippen molar-refractivity contribution in [3.05, 3.63) is 76.3 Å². The summed E-state index contributed by atoms with van der Waals surface area (Å²) in [5.74, 6) is -0.499. The molecule has 4 rings (SSSR count). The van der Waals surface area contributed by atoms with Crippen molar-refractivity contribution in [2.75, 3.05) is 4.90 Å². The molecule has 1 N–H and O–H groups in total. The molecule has 1 aliphatic rings. The highest BCUT2D eigenvalue weighted by atomic mass is 32.1. The van der Waals surface area contributed by atoms with Crippen molar-refractivity contribution in [3.8, 4) is 0 Å². The van der Waals surface area contributed by atoms with Gasteiger partial charge in [0, 0.05) is 12.3 Å². The molecule has 0 spiro atoms. The summed E-state index contributed by atoms with van der Waals surface area (Å²) in [6, 6.07) is 14.7. The number of aromatic nitrogens is 1. The first-order valence-corrected chi connectivity index (χ1v) is 11.1. The van der Waals surface area contributed by atoms with Crippen LogP contribution in [0.1, 0.15) is 36.2 Å². The predicted molar refractivity (Wildman–Crippen MR) is 124 cm³/mol. The summed E-state index contributed by atoms with van der Waals surface area (Å²) in [6.45, 7) is 7.14. The Labute approximate surface area is 190 Å². The summed E-state index contributed by atoms with van der Waals surface area (Å²) >= 11 is 1.29. The Morgan fingerprint density at radius 1 is 1.12 bits per heavy atom. The van der Waals surface area contributed by atoms with Gasteiger partial charge in [-0.2, -0.15) is 0 Å². The van der Waals surface area contributed by atoms with Gasteiger partial charge in [0.1, 0.15) is 5.54 Å². The van der Waals surface area contributed by atoms with Crippen LogP contribution in [0.2, 0.25) is 0 Å². The van der Waals surface area contributed by atoms with Gasteiger partial charge in [0.25, 0.3) is 5.91 Å². The average molecular weight is 449 g/mol. The smallest absolute Gasteiger partial charge is 0.319 e. The van der Waals surface area contributed by atoms with Gasteiger partial charge in [0.15, 0.2) is 5.13 Å².